The Hall–Kier alpha value is -2.03. The van der Waals surface area contributed by atoms with Crippen molar-refractivity contribution in [3.8, 4) is 0 Å². The van der Waals surface area contributed by atoms with Crippen LogP contribution in [0.3, 0.4) is 0 Å². The van der Waals surface area contributed by atoms with Crippen molar-refractivity contribution in [2.75, 3.05) is 6.54 Å². The minimum Gasteiger partial charge on any atom is -0.258 e. The lowest BCUT2D eigenvalue weighted by Crippen LogP contribution is -2.24. The molecule has 1 heterocycles. The molecule has 0 aliphatic rings. The third-order valence-electron chi connectivity index (χ3n) is 2.81. The molecular weight excluding hydrogens is 324 g/mol. The summed E-state index contributed by atoms with van der Waals surface area (Å²) in [5, 5.41) is 14.5. The number of rotatable bonds is 7. The molecule has 0 amide bonds. The number of nitro benzene ring substituents is 1. The zero-order valence-electron chi connectivity index (χ0n) is 11.5. The highest BCUT2D eigenvalue weighted by atomic mass is 32.2. The van der Waals surface area contributed by atoms with E-state index in [4.69, 9.17) is 0 Å². The smallest absolute Gasteiger partial charge is 0.258 e. The van der Waals surface area contributed by atoms with Crippen LogP contribution in [0.1, 0.15) is 12.0 Å². The minimum atomic E-state index is -3.64. The molecule has 6 nitrogen and oxygen atoms in total. The summed E-state index contributed by atoms with van der Waals surface area (Å²) in [5.74, 6) is 0. The second kappa shape index (κ2) is 7.30. The van der Waals surface area contributed by atoms with E-state index in [1.807, 2.05) is 29.0 Å². The largest absolute Gasteiger partial charge is 0.269 e. The van der Waals surface area contributed by atoms with Crippen LogP contribution in [0.25, 0.3) is 6.08 Å². The highest BCUT2D eigenvalue weighted by molar-refractivity contribution is 7.89. The van der Waals surface area contributed by atoms with Crippen LogP contribution in [0.2, 0.25) is 0 Å². The fourth-order valence-corrected chi connectivity index (χ4v) is 3.37. The standard InChI is InChI=1S/C14H14N2O4S2/c17-16(18)13-4-6-14(7-5-13)22(19,20)15-9-2-1-3-12-8-10-21-11-12/h1,3-8,10-11,15H,2,9H2/b3-1+. The van der Waals surface area contributed by atoms with Crippen LogP contribution < -0.4 is 4.72 Å². The maximum Gasteiger partial charge on any atom is 0.269 e. The fraction of sp³-hybridized carbons (Fsp3) is 0.143. The van der Waals surface area contributed by atoms with E-state index in [-0.39, 0.29) is 17.1 Å². The highest BCUT2D eigenvalue weighted by Gasteiger charge is 2.14. The van der Waals surface area contributed by atoms with Crippen LogP contribution in [0.5, 0.6) is 0 Å². The molecule has 8 heteroatoms. The third kappa shape index (κ3) is 4.48. The monoisotopic (exact) mass is 338 g/mol. The van der Waals surface area contributed by atoms with E-state index in [9.17, 15) is 18.5 Å². The first-order valence-electron chi connectivity index (χ1n) is 6.42. The van der Waals surface area contributed by atoms with Crippen LogP contribution in [-0.4, -0.2) is 19.9 Å². The van der Waals surface area contributed by atoms with Crippen LogP contribution >= 0.6 is 11.3 Å². The van der Waals surface area contributed by atoms with E-state index in [0.29, 0.717) is 6.42 Å². The Bertz CT molecular complexity index is 751. The van der Waals surface area contributed by atoms with Gasteiger partial charge in [0.1, 0.15) is 0 Å². The summed E-state index contributed by atoms with van der Waals surface area (Å²) >= 11 is 1.60. The number of non-ortho nitro benzene ring substituents is 1. The number of hydrogen-bond donors (Lipinski definition) is 1. The number of thiophene rings is 1. The third-order valence-corrected chi connectivity index (χ3v) is 4.99. The van der Waals surface area contributed by atoms with Gasteiger partial charge in [-0.25, -0.2) is 13.1 Å². The molecule has 0 aliphatic heterocycles. The Morgan fingerprint density at radius 1 is 1.23 bits per heavy atom. The van der Waals surface area contributed by atoms with Gasteiger partial charge in [0.05, 0.1) is 9.82 Å². The minimum absolute atomic E-state index is 0.0138. The molecule has 1 aromatic carbocycles. The second-order valence-corrected chi connectivity index (χ2v) is 6.94. The molecule has 1 N–H and O–H groups in total. The van der Waals surface area contributed by atoms with E-state index in [0.717, 1.165) is 5.56 Å². The van der Waals surface area contributed by atoms with Crippen molar-refractivity contribution < 1.29 is 13.3 Å². The Balaban J connectivity index is 1.89. The molecule has 0 aliphatic carbocycles. The van der Waals surface area contributed by atoms with Gasteiger partial charge in [-0.15, -0.1) is 0 Å². The van der Waals surface area contributed by atoms with Crippen LogP contribution in [0, 0.1) is 10.1 Å². The van der Waals surface area contributed by atoms with Crippen LogP contribution in [0.15, 0.2) is 52.1 Å². The number of nitro groups is 1. The lowest BCUT2D eigenvalue weighted by Gasteiger charge is -2.05. The number of hydrogen-bond acceptors (Lipinski definition) is 5. The molecule has 2 rings (SSSR count). The molecule has 0 atom stereocenters. The lowest BCUT2D eigenvalue weighted by atomic mass is 10.3. The molecule has 22 heavy (non-hydrogen) atoms. The molecular formula is C14H14N2O4S2. The summed E-state index contributed by atoms with van der Waals surface area (Å²) in [6.45, 7) is 0.264. The van der Waals surface area contributed by atoms with Gasteiger partial charge in [-0.3, -0.25) is 10.1 Å². The van der Waals surface area contributed by atoms with Crippen molar-refractivity contribution in [1.82, 2.24) is 4.72 Å². The zero-order valence-corrected chi connectivity index (χ0v) is 13.1. The average Bonchev–Trinajstić information content (AvgIpc) is 3.00. The first kappa shape index (κ1) is 16.3. The summed E-state index contributed by atoms with van der Waals surface area (Å²) in [6, 6.07) is 6.77. The first-order valence-corrected chi connectivity index (χ1v) is 8.84. The summed E-state index contributed by atoms with van der Waals surface area (Å²) in [5.41, 5.74) is 0.945. The summed E-state index contributed by atoms with van der Waals surface area (Å²) in [6.07, 6.45) is 4.37. The predicted octanol–water partition coefficient (Wildman–Crippen LogP) is 3.04. The van der Waals surface area contributed by atoms with Gasteiger partial charge in [0.25, 0.3) is 5.69 Å². The lowest BCUT2D eigenvalue weighted by molar-refractivity contribution is -0.384. The van der Waals surface area contributed by atoms with E-state index < -0.39 is 14.9 Å². The Morgan fingerprint density at radius 3 is 2.55 bits per heavy atom. The first-order chi connectivity index (χ1) is 10.5. The highest BCUT2D eigenvalue weighted by Crippen LogP contribution is 2.15. The average molecular weight is 338 g/mol. The summed E-state index contributed by atoms with van der Waals surface area (Å²) in [4.78, 5) is 9.98. The topological polar surface area (TPSA) is 89.3 Å². The van der Waals surface area contributed by atoms with Crippen molar-refractivity contribution in [2.24, 2.45) is 0 Å². The van der Waals surface area contributed by atoms with E-state index >= 15 is 0 Å². The Morgan fingerprint density at radius 2 is 1.95 bits per heavy atom. The maximum atomic E-state index is 12.0. The van der Waals surface area contributed by atoms with Gasteiger partial charge in [-0.1, -0.05) is 12.2 Å². The normalized spacial score (nSPS) is 11.8. The van der Waals surface area contributed by atoms with E-state index in [2.05, 4.69) is 4.72 Å². The molecule has 2 aromatic rings. The molecule has 1 aromatic heterocycles. The van der Waals surface area contributed by atoms with Gasteiger partial charge in [-0.2, -0.15) is 11.3 Å². The Kier molecular flexibility index (Phi) is 5.42. The van der Waals surface area contributed by atoms with Crippen molar-refractivity contribution >= 4 is 33.1 Å². The number of benzene rings is 1. The van der Waals surface area contributed by atoms with Gasteiger partial charge in [0.2, 0.25) is 10.0 Å². The molecule has 116 valence electrons. The fourth-order valence-electron chi connectivity index (χ4n) is 1.70. The van der Waals surface area contributed by atoms with Gasteiger partial charge in [-0.05, 0) is 40.9 Å². The van der Waals surface area contributed by atoms with E-state index in [1.165, 1.54) is 24.3 Å². The molecule has 0 saturated heterocycles. The molecule has 0 saturated carbocycles. The SMILES string of the molecule is O=[N+]([O-])c1ccc(S(=O)(=O)NCC/C=C/c2ccsc2)cc1. The van der Waals surface area contributed by atoms with Crippen molar-refractivity contribution in [1.29, 1.82) is 0 Å². The van der Waals surface area contributed by atoms with Crippen LogP contribution in [-0.2, 0) is 10.0 Å². The number of nitrogens with one attached hydrogen (secondary N) is 1. The van der Waals surface area contributed by atoms with Gasteiger partial charge in [0.15, 0.2) is 0 Å². The van der Waals surface area contributed by atoms with Gasteiger partial charge < -0.3 is 0 Å². The second-order valence-electron chi connectivity index (χ2n) is 4.40. The predicted molar refractivity (Wildman–Crippen MR) is 86.3 cm³/mol. The van der Waals surface area contributed by atoms with Gasteiger partial charge in [0, 0.05) is 18.7 Å². The molecule has 0 bridgehead atoms. The van der Waals surface area contributed by atoms with Crippen molar-refractivity contribution in [3.63, 3.8) is 0 Å². The summed E-state index contributed by atoms with van der Waals surface area (Å²) in [7, 11) is -3.64. The van der Waals surface area contributed by atoms with Crippen molar-refractivity contribution in [3.05, 3.63) is 62.8 Å². The maximum absolute atomic E-state index is 12.0. The quantitative estimate of drug-likeness (QED) is 0.477. The molecule has 0 radical (unpaired) electrons. The molecule has 0 fully saturated rings. The van der Waals surface area contributed by atoms with E-state index in [1.54, 1.807) is 11.3 Å². The van der Waals surface area contributed by atoms with Gasteiger partial charge >= 0.3 is 0 Å². The summed E-state index contributed by atoms with van der Waals surface area (Å²) < 4.78 is 26.5. The molecule has 0 unspecified atom stereocenters. The number of nitrogens with zero attached hydrogens (tertiary/aromatic N) is 1. The number of sulfonamides is 1. The molecule has 0 spiro atoms. The van der Waals surface area contributed by atoms with Crippen molar-refractivity contribution in [2.45, 2.75) is 11.3 Å². The van der Waals surface area contributed by atoms with Crippen LogP contribution in [0.4, 0.5) is 5.69 Å². The Labute approximate surface area is 132 Å². The zero-order chi connectivity index (χ0) is 16.0.